The molecule has 0 aromatic rings. The Kier molecular flexibility index (Phi) is 7.38. The molecule has 0 radical (unpaired) electrons. The number of alkyl halides is 1. The van der Waals surface area contributed by atoms with Gasteiger partial charge in [0.05, 0.1) is 37.2 Å². The van der Waals surface area contributed by atoms with E-state index in [2.05, 4.69) is 21.2 Å². The van der Waals surface area contributed by atoms with Gasteiger partial charge in [0.25, 0.3) is 0 Å². The fourth-order valence-corrected chi connectivity index (χ4v) is 6.62. The summed E-state index contributed by atoms with van der Waals surface area (Å²) in [5.74, 6) is -2.72. The third-order valence-corrected chi connectivity index (χ3v) is 7.80. The molecule has 3 heterocycles. The molecule has 0 aromatic heterocycles. The van der Waals surface area contributed by atoms with E-state index in [1.165, 1.54) is 4.90 Å². The number of aliphatic hydroxyl groups is 1. The van der Waals surface area contributed by atoms with E-state index in [1.807, 2.05) is 27.7 Å². The molecule has 1 spiro atoms. The van der Waals surface area contributed by atoms with E-state index >= 15 is 0 Å². The molecule has 9 heteroatoms. The van der Waals surface area contributed by atoms with E-state index < -0.39 is 41.6 Å². The minimum absolute atomic E-state index is 0.0595. The highest BCUT2D eigenvalue weighted by molar-refractivity contribution is 9.09. The summed E-state index contributed by atoms with van der Waals surface area (Å²) < 4.78 is 11.7. The number of hydrogen-bond donors (Lipinski definition) is 2. The number of likely N-dealkylation sites (tertiary alicyclic amines) is 1. The molecule has 31 heavy (non-hydrogen) atoms. The van der Waals surface area contributed by atoms with Crippen molar-refractivity contribution in [3.05, 3.63) is 0 Å². The molecule has 3 aliphatic heterocycles. The molecule has 0 aromatic carbocycles. The summed E-state index contributed by atoms with van der Waals surface area (Å²) in [6.45, 7) is 9.45. The molecule has 0 saturated carbocycles. The fourth-order valence-electron chi connectivity index (χ4n) is 5.68. The van der Waals surface area contributed by atoms with Crippen LogP contribution in [0.2, 0.25) is 0 Å². The molecule has 3 saturated heterocycles. The molecule has 4 unspecified atom stereocenters. The number of rotatable bonds is 9. The lowest BCUT2D eigenvalue weighted by Crippen LogP contribution is -2.60. The molecule has 0 aliphatic carbocycles. The molecule has 3 aliphatic rings. The van der Waals surface area contributed by atoms with Crippen LogP contribution in [-0.4, -0.2) is 75.7 Å². The van der Waals surface area contributed by atoms with Gasteiger partial charge in [0.15, 0.2) is 0 Å². The third kappa shape index (κ3) is 3.91. The maximum atomic E-state index is 13.8. The number of nitrogens with zero attached hydrogens (tertiary/aromatic N) is 1. The topological polar surface area (TPSA) is 105 Å². The molecule has 2 N–H and O–H groups in total. The smallest absolute Gasteiger partial charge is 0.312 e. The number of aliphatic hydroxyl groups excluding tert-OH is 1. The summed E-state index contributed by atoms with van der Waals surface area (Å²) >= 11 is 3.62. The van der Waals surface area contributed by atoms with Gasteiger partial charge < -0.3 is 24.8 Å². The van der Waals surface area contributed by atoms with Gasteiger partial charge in [-0.05, 0) is 32.6 Å². The maximum Gasteiger partial charge on any atom is 0.312 e. The van der Waals surface area contributed by atoms with Crippen LogP contribution < -0.4 is 5.32 Å². The van der Waals surface area contributed by atoms with Crippen LogP contribution in [0.15, 0.2) is 0 Å². The molecule has 176 valence electrons. The van der Waals surface area contributed by atoms with Gasteiger partial charge in [-0.25, -0.2) is 0 Å². The Bertz CT molecular complexity index is 718. The molecular formula is C22H35BrN2O6. The Morgan fingerprint density at radius 1 is 1.35 bits per heavy atom. The normalized spacial score (nSPS) is 35.9. The van der Waals surface area contributed by atoms with Crippen LogP contribution in [0, 0.1) is 17.8 Å². The van der Waals surface area contributed by atoms with Crippen molar-refractivity contribution in [2.75, 3.05) is 13.2 Å². The van der Waals surface area contributed by atoms with E-state index in [0.29, 0.717) is 6.42 Å². The Morgan fingerprint density at radius 2 is 2.03 bits per heavy atom. The molecule has 8 atom stereocenters. The van der Waals surface area contributed by atoms with Crippen molar-refractivity contribution in [2.24, 2.45) is 17.8 Å². The van der Waals surface area contributed by atoms with E-state index in [0.717, 1.165) is 12.8 Å². The lowest BCUT2D eigenvalue weighted by Gasteiger charge is -2.38. The standard InChI is InChI=1S/C22H35BrN2O6/c1-6-8-12(5)24-19(27)18-22-9-13(23)17(31-22)15(21(29)30-7-2)16(22)20(28)25(18)14(10-26)11(3)4/h11-18,26H,6-10H2,1-5H3,(H,24,27)/t12?,13?,14-,15-,16-,17-,18?,22?/m0/s1. The predicted octanol–water partition coefficient (Wildman–Crippen LogP) is 1.62. The second-order valence-corrected chi connectivity index (χ2v) is 10.5. The molecule has 2 amide bonds. The van der Waals surface area contributed by atoms with Crippen LogP contribution in [-0.2, 0) is 23.9 Å². The number of carbonyl (C=O) groups is 3. The van der Waals surface area contributed by atoms with Crippen molar-refractivity contribution >= 4 is 33.7 Å². The lowest BCUT2D eigenvalue weighted by molar-refractivity contribution is -0.155. The molecular weight excluding hydrogens is 468 g/mol. The number of fused-ring (bicyclic) bond motifs is 1. The zero-order chi connectivity index (χ0) is 23.1. The minimum atomic E-state index is -1.12. The summed E-state index contributed by atoms with van der Waals surface area (Å²) in [7, 11) is 0. The largest absolute Gasteiger partial charge is 0.466 e. The average molecular weight is 503 g/mol. The van der Waals surface area contributed by atoms with Crippen molar-refractivity contribution in [3.63, 3.8) is 0 Å². The first-order valence-electron chi connectivity index (χ1n) is 11.4. The van der Waals surface area contributed by atoms with Gasteiger partial charge in [0.2, 0.25) is 11.8 Å². The van der Waals surface area contributed by atoms with Crippen LogP contribution in [0.5, 0.6) is 0 Å². The first-order valence-corrected chi connectivity index (χ1v) is 12.3. The van der Waals surface area contributed by atoms with Gasteiger partial charge in [-0.2, -0.15) is 0 Å². The lowest BCUT2D eigenvalue weighted by atomic mass is 9.70. The first-order chi connectivity index (χ1) is 14.6. The van der Waals surface area contributed by atoms with Gasteiger partial charge >= 0.3 is 5.97 Å². The minimum Gasteiger partial charge on any atom is -0.466 e. The third-order valence-electron chi connectivity index (χ3n) is 6.96. The van der Waals surface area contributed by atoms with Gasteiger partial charge in [-0.1, -0.05) is 43.1 Å². The van der Waals surface area contributed by atoms with Crippen molar-refractivity contribution in [3.8, 4) is 0 Å². The molecule has 3 fully saturated rings. The average Bonchev–Trinajstić information content (AvgIpc) is 3.26. The number of hydrogen-bond acceptors (Lipinski definition) is 6. The number of esters is 1. The molecule has 8 nitrogen and oxygen atoms in total. The molecule has 2 bridgehead atoms. The second kappa shape index (κ2) is 9.35. The second-order valence-electron chi connectivity index (χ2n) is 9.35. The zero-order valence-electron chi connectivity index (χ0n) is 19.0. The number of ether oxygens (including phenoxy) is 2. The summed E-state index contributed by atoms with van der Waals surface area (Å²) in [6.07, 6.45) is 1.65. The number of carbonyl (C=O) groups excluding carboxylic acids is 3. The summed E-state index contributed by atoms with van der Waals surface area (Å²) in [4.78, 5) is 41.5. The van der Waals surface area contributed by atoms with Crippen LogP contribution in [0.3, 0.4) is 0 Å². The van der Waals surface area contributed by atoms with Gasteiger partial charge in [-0.3, -0.25) is 14.4 Å². The highest BCUT2D eigenvalue weighted by Crippen LogP contribution is 2.60. The quantitative estimate of drug-likeness (QED) is 0.366. The van der Waals surface area contributed by atoms with Gasteiger partial charge in [-0.15, -0.1) is 0 Å². The zero-order valence-corrected chi connectivity index (χ0v) is 20.6. The van der Waals surface area contributed by atoms with Crippen molar-refractivity contribution < 1.29 is 29.0 Å². The first kappa shape index (κ1) is 24.5. The SMILES string of the molecule is CCCC(C)NC(=O)C1N([C@@H](CO)C(C)C)C(=O)[C@@H]2[C@H](C(=O)OCC)[C@H]3OC12CC3Br. The Morgan fingerprint density at radius 3 is 2.58 bits per heavy atom. The van der Waals surface area contributed by atoms with Crippen LogP contribution >= 0.6 is 15.9 Å². The Balaban J connectivity index is 2.06. The Hall–Kier alpha value is -1.19. The van der Waals surface area contributed by atoms with Crippen LogP contribution in [0.1, 0.15) is 53.9 Å². The summed E-state index contributed by atoms with van der Waals surface area (Å²) in [5.41, 5.74) is -1.12. The van der Waals surface area contributed by atoms with Crippen molar-refractivity contribution in [1.29, 1.82) is 0 Å². The molecule has 3 rings (SSSR count). The maximum absolute atomic E-state index is 13.8. The van der Waals surface area contributed by atoms with E-state index in [1.54, 1.807) is 6.92 Å². The number of nitrogens with one attached hydrogen (secondary N) is 1. The number of halogens is 1. The van der Waals surface area contributed by atoms with E-state index in [9.17, 15) is 19.5 Å². The van der Waals surface area contributed by atoms with Crippen molar-refractivity contribution in [1.82, 2.24) is 10.2 Å². The number of amides is 2. The summed E-state index contributed by atoms with van der Waals surface area (Å²) in [5, 5.41) is 13.2. The summed E-state index contributed by atoms with van der Waals surface area (Å²) in [6, 6.07) is -1.52. The van der Waals surface area contributed by atoms with E-state index in [4.69, 9.17) is 9.47 Å². The van der Waals surface area contributed by atoms with E-state index in [-0.39, 0.29) is 41.8 Å². The van der Waals surface area contributed by atoms with Crippen molar-refractivity contribution in [2.45, 2.75) is 88.5 Å². The predicted molar refractivity (Wildman–Crippen MR) is 117 cm³/mol. The highest BCUT2D eigenvalue weighted by atomic mass is 79.9. The van der Waals surface area contributed by atoms with Crippen LogP contribution in [0.25, 0.3) is 0 Å². The fraction of sp³-hybridized carbons (Fsp3) is 0.864. The van der Waals surface area contributed by atoms with Gasteiger partial charge in [0, 0.05) is 10.9 Å². The van der Waals surface area contributed by atoms with Crippen LogP contribution in [0.4, 0.5) is 0 Å². The Labute approximate surface area is 192 Å². The monoisotopic (exact) mass is 502 g/mol. The van der Waals surface area contributed by atoms with Gasteiger partial charge in [0.1, 0.15) is 11.6 Å². The highest BCUT2D eigenvalue weighted by Gasteiger charge is 2.77.